The number of aromatic nitrogens is 1. The van der Waals surface area contributed by atoms with Crippen LogP contribution in [0, 0.1) is 0 Å². The van der Waals surface area contributed by atoms with Gasteiger partial charge in [-0.2, -0.15) is 0 Å². The van der Waals surface area contributed by atoms with Crippen LogP contribution in [0.2, 0.25) is 0 Å². The molecule has 0 aliphatic carbocycles. The third kappa shape index (κ3) is 2.92. The van der Waals surface area contributed by atoms with Crippen LogP contribution in [0.5, 0.6) is 5.75 Å². The molecule has 4 rings (SSSR count). The van der Waals surface area contributed by atoms with Gasteiger partial charge in [-0.15, -0.1) is 0 Å². The minimum Gasteiger partial charge on any atom is -0.232 e. The van der Waals surface area contributed by atoms with E-state index in [1.807, 2.05) is 60.9 Å². The highest BCUT2D eigenvalue weighted by atomic mass is 16.7. The van der Waals surface area contributed by atoms with Crippen LogP contribution < -0.4 is 9.57 Å². The summed E-state index contributed by atoms with van der Waals surface area (Å²) in [5.74, 6) is 0.810. The number of nitrogens with zero attached hydrogens (tertiary/aromatic N) is 1. The van der Waals surface area contributed by atoms with Crippen molar-refractivity contribution in [1.82, 2.24) is 0 Å². The number of benzene rings is 3. The molecule has 0 N–H and O–H groups in total. The zero-order valence-electron chi connectivity index (χ0n) is 12.6. The molecule has 0 saturated carbocycles. The minimum atomic E-state index is 0.810. The maximum absolute atomic E-state index is 5.89. The lowest BCUT2D eigenvalue weighted by molar-refractivity contribution is -0.874. The Labute approximate surface area is 135 Å². The van der Waals surface area contributed by atoms with Gasteiger partial charge < -0.3 is 0 Å². The highest BCUT2D eigenvalue weighted by molar-refractivity contribution is 5.80. The van der Waals surface area contributed by atoms with Crippen LogP contribution in [-0.2, 0) is 0 Å². The van der Waals surface area contributed by atoms with Gasteiger partial charge in [0.15, 0.2) is 0 Å². The fraction of sp³-hybridized carbons (Fsp3) is 0. The lowest BCUT2D eigenvalue weighted by atomic mass is 10.1. The van der Waals surface area contributed by atoms with Gasteiger partial charge in [0.2, 0.25) is 18.1 Å². The second kappa shape index (κ2) is 5.93. The third-order valence-electron chi connectivity index (χ3n) is 3.84. The molecule has 0 aliphatic heterocycles. The largest absolute Gasteiger partial charge is 0.232 e. The van der Waals surface area contributed by atoms with Gasteiger partial charge in [-0.25, -0.2) is 4.84 Å². The van der Waals surface area contributed by atoms with Gasteiger partial charge >= 0.3 is 0 Å². The van der Waals surface area contributed by atoms with Crippen molar-refractivity contribution in [3.8, 4) is 16.9 Å². The van der Waals surface area contributed by atoms with Crippen LogP contribution in [0.3, 0.4) is 0 Å². The fourth-order valence-electron chi connectivity index (χ4n) is 2.63. The first-order valence-corrected chi connectivity index (χ1v) is 7.62. The zero-order chi connectivity index (χ0) is 15.5. The van der Waals surface area contributed by atoms with E-state index in [9.17, 15) is 0 Å². The van der Waals surface area contributed by atoms with Crippen molar-refractivity contribution in [1.29, 1.82) is 0 Å². The second-order valence-corrected chi connectivity index (χ2v) is 5.42. The zero-order valence-corrected chi connectivity index (χ0v) is 12.6. The summed E-state index contributed by atoms with van der Waals surface area (Å²) in [5, 5.41) is 2.35. The van der Waals surface area contributed by atoms with Gasteiger partial charge in [-0.1, -0.05) is 60.7 Å². The van der Waals surface area contributed by atoms with Crippen LogP contribution in [0.4, 0.5) is 0 Å². The summed E-state index contributed by atoms with van der Waals surface area (Å²) < 4.78 is 1.74. The summed E-state index contributed by atoms with van der Waals surface area (Å²) >= 11 is 0. The van der Waals surface area contributed by atoms with Crippen molar-refractivity contribution >= 4 is 10.8 Å². The summed E-state index contributed by atoms with van der Waals surface area (Å²) in [7, 11) is 0. The molecule has 23 heavy (non-hydrogen) atoms. The molecular weight excluding hydrogens is 282 g/mol. The van der Waals surface area contributed by atoms with E-state index < -0.39 is 0 Å². The maximum Gasteiger partial charge on any atom is 0.230 e. The molecule has 0 aliphatic rings. The van der Waals surface area contributed by atoms with E-state index in [0.717, 1.165) is 11.1 Å². The quantitative estimate of drug-likeness (QED) is 0.502. The van der Waals surface area contributed by atoms with Gasteiger partial charge in [0, 0.05) is 10.8 Å². The molecule has 1 heterocycles. The van der Waals surface area contributed by atoms with Crippen LogP contribution in [-0.4, -0.2) is 0 Å². The van der Waals surface area contributed by atoms with Crippen molar-refractivity contribution in [2.75, 3.05) is 0 Å². The second-order valence-electron chi connectivity index (χ2n) is 5.42. The molecular formula is C21H16NO+. The standard InChI is InChI=1S/C21H16NO/c1-2-6-17(7-3-1)19-10-12-21(13-11-19)23-22-15-14-18-8-4-5-9-20(18)16-22/h1-16H/q+1. The Hall–Kier alpha value is -3.13. The van der Waals surface area contributed by atoms with E-state index in [2.05, 4.69) is 36.4 Å². The van der Waals surface area contributed by atoms with Gasteiger partial charge in [-0.3, -0.25) is 0 Å². The monoisotopic (exact) mass is 298 g/mol. The Bertz CT molecular complexity index is 930. The molecule has 0 saturated heterocycles. The SMILES string of the molecule is c1ccc(-c2ccc(O[n+]3ccc4ccccc4c3)cc2)cc1. The van der Waals surface area contributed by atoms with Crippen molar-refractivity contribution in [2.24, 2.45) is 0 Å². The van der Waals surface area contributed by atoms with Gasteiger partial charge in [0.1, 0.15) is 0 Å². The van der Waals surface area contributed by atoms with Crippen LogP contribution >= 0.6 is 0 Å². The smallest absolute Gasteiger partial charge is 0.230 e. The molecule has 0 fully saturated rings. The number of hydrogen-bond acceptors (Lipinski definition) is 1. The number of rotatable bonds is 3. The molecule has 0 unspecified atom stereocenters. The van der Waals surface area contributed by atoms with Gasteiger partial charge in [0.05, 0.1) is 5.39 Å². The maximum atomic E-state index is 5.89. The minimum absolute atomic E-state index is 0.810. The van der Waals surface area contributed by atoms with E-state index in [0.29, 0.717) is 0 Å². The first kappa shape index (κ1) is 13.5. The predicted molar refractivity (Wildman–Crippen MR) is 92.0 cm³/mol. The molecule has 0 bridgehead atoms. The lowest BCUT2D eigenvalue weighted by Gasteiger charge is -2.03. The Balaban J connectivity index is 1.58. The van der Waals surface area contributed by atoms with Crippen LogP contribution in [0.1, 0.15) is 0 Å². The van der Waals surface area contributed by atoms with Crippen molar-refractivity contribution in [3.05, 3.63) is 97.3 Å². The number of fused-ring (bicyclic) bond motifs is 1. The van der Waals surface area contributed by atoms with Gasteiger partial charge in [0.25, 0.3) is 0 Å². The Morgan fingerprint density at radius 3 is 2.00 bits per heavy atom. The van der Waals surface area contributed by atoms with Crippen molar-refractivity contribution < 1.29 is 9.57 Å². The van der Waals surface area contributed by atoms with E-state index in [1.165, 1.54) is 16.5 Å². The summed E-state index contributed by atoms with van der Waals surface area (Å²) in [6, 6.07) is 28.7. The lowest BCUT2D eigenvalue weighted by Crippen LogP contribution is -2.38. The molecule has 2 heteroatoms. The average Bonchev–Trinajstić information content (AvgIpc) is 2.63. The first-order valence-electron chi connectivity index (χ1n) is 7.62. The normalized spacial score (nSPS) is 10.6. The summed E-state index contributed by atoms with van der Waals surface area (Å²) in [6.45, 7) is 0. The summed E-state index contributed by atoms with van der Waals surface area (Å²) in [5.41, 5.74) is 2.39. The van der Waals surface area contributed by atoms with Crippen molar-refractivity contribution in [3.63, 3.8) is 0 Å². The average molecular weight is 298 g/mol. The van der Waals surface area contributed by atoms with Gasteiger partial charge in [-0.05, 0) is 34.7 Å². The van der Waals surface area contributed by atoms with Crippen molar-refractivity contribution in [2.45, 2.75) is 0 Å². The Kier molecular flexibility index (Phi) is 3.49. The molecule has 110 valence electrons. The molecule has 0 amide bonds. The van der Waals surface area contributed by atoms with E-state index in [4.69, 9.17) is 4.84 Å². The van der Waals surface area contributed by atoms with Crippen LogP contribution in [0.25, 0.3) is 21.9 Å². The molecule has 1 aromatic heterocycles. The Morgan fingerprint density at radius 1 is 0.565 bits per heavy atom. The Morgan fingerprint density at radius 2 is 1.22 bits per heavy atom. The predicted octanol–water partition coefficient (Wildman–Crippen LogP) is 4.64. The van der Waals surface area contributed by atoms with Crippen LogP contribution in [0.15, 0.2) is 97.3 Å². The third-order valence-corrected chi connectivity index (χ3v) is 3.84. The molecule has 3 aromatic carbocycles. The molecule has 0 spiro atoms. The number of pyridine rings is 1. The number of hydrogen-bond donors (Lipinski definition) is 0. The summed E-state index contributed by atoms with van der Waals surface area (Å²) in [6.07, 6.45) is 3.91. The topological polar surface area (TPSA) is 13.1 Å². The molecule has 4 aromatic rings. The fourth-order valence-corrected chi connectivity index (χ4v) is 2.63. The summed E-state index contributed by atoms with van der Waals surface area (Å²) in [4.78, 5) is 5.89. The highest BCUT2D eigenvalue weighted by Crippen LogP contribution is 2.21. The molecule has 0 atom stereocenters. The molecule has 2 nitrogen and oxygen atoms in total. The highest BCUT2D eigenvalue weighted by Gasteiger charge is 2.06. The van der Waals surface area contributed by atoms with E-state index in [1.54, 1.807) is 4.73 Å². The van der Waals surface area contributed by atoms with E-state index in [-0.39, 0.29) is 0 Å². The molecule has 0 radical (unpaired) electrons. The first-order chi connectivity index (χ1) is 11.4. The van der Waals surface area contributed by atoms with E-state index >= 15 is 0 Å².